The molecule has 1 aromatic rings. The molecule has 0 aliphatic heterocycles. The van der Waals surface area contributed by atoms with Crippen molar-refractivity contribution in [2.45, 2.75) is 13.3 Å². The van der Waals surface area contributed by atoms with Gasteiger partial charge in [-0.05, 0) is 25.1 Å². The molecule has 0 radical (unpaired) electrons. The lowest BCUT2D eigenvalue weighted by atomic mass is 10.1. The third kappa shape index (κ3) is 5.48. The SMILES string of the molecule is CNCC(C)CNC(=O)Cc1cccc([N+](=O)[O-])c1. The van der Waals surface area contributed by atoms with E-state index in [0.717, 1.165) is 6.54 Å². The van der Waals surface area contributed by atoms with Gasteiger partial charge in [-0.2, -0.15) is 0 Å². The molecule has 1 atom stereocenters. The normalized spacial score (nSPS) is 11.9. The van der Waals surface area contributed by atoms with Crippen LogP contribution in [0.4, 0.5) is 5.69 Å². The minimum absolute atomic E-state index is 0.00820. The third-order valence-corrected chi connectivity index (χ3v) is 2.69. The molecule has 0 spiro atoms. The van der Waals surface area contributed by atoms with Gasteiger partial charge in [0.1, 0.15) is 0 Å². The summed E-state index contributed by atoms with van der Waals surface area (Å²) < 4.78 is 0. The monoisotopic (exact) mass is 265 g/mol. The average Bonchev–Trinajstić information content (AvgIpc) is 2.37. The molecular formula is C13H19N3O3. The maximum absolute atomic E-state index is 11.7. The highest BCUT2D eigenvalue weighted by Crippen LogP contribution is 2.13. The predicted molar refractivity (Wildman–Crippen MR) is 72.9 cm³/mol. The molecule has 2 N–H and O–H groups in total. The molecule has 0 heterocycles. The number of nitro benzene ring substituents is 1. The summed E-state index contributed by atoms with van der Waals surface area (Å²) in [7, 11) is 1.86. The van der Waals surface area contributed by atoms with Crippen LogP contribution in [0.5, 0.6) is 0 Å². The summed E-state index contributed by atoms with van der Waals surface area (Å²) in [6, 6.07) is 6.14. The molecule has 0 aliphatic rings. The number of carbonyl (C=O) groups excluding carboxylic acids is 1. The maximum atomic E-state index is 11.7. The summed E-state index contributed by atoms with van der Waals surface area (Å²) in [5.41, 5.74) is 0.654. The second-order valence-corrected chi connectivity index (χ2v) is 4.57. The molecule has 0 saturated carbocycles. The van der Waals surface area contributed by atoms with Gasteiger partial charge in [0.2, 0.25) is 5.91 Å². The number of amides is 1. The quantitative estimate of drug-likeness (QED) is 0.571. The molecule has 1 rings (SSSR count). The van der Waals surface area contributed by atoms with Crippen molar-refractivity contribution in [1.82, 2.24) is 10.6 Å². The Morgan fingerprint density at radius 1 is 1.42 bits per heavy atom. The smallest absolute Gasteiger partial charge is 0.269 e. The highest BCUT2D eigenvalue weighted by atomic mass is 16.6. The van der Waals surface area contributed by atoms with E-state index in [0.29, 0.717) is 18.0 Å². The maximum Gasteiger partial charge on any atom is 0.269 e. The minimum atomic E-state index is -0.462. The van der Waals surface area contributed by atoms with E-state index in [2.05, 4.69) is 10.6 Å². The van der Waals surface area contributed by atoms with E-state index in [1.807, 2.05) is 14.0 Å². The van der Waals surface area contributed by atoms with Gasteiger partial charge in [-0.1, -0.05) is 19.1 Å². The Morgan fingerprint density at radius 3 is 2.79 bits per heavy atom. The Kier molecular flexibility index (Phi) is 5.95. The summed E-state index contributed by atoms with van der Waals surface area (Å²) >= 11 is 0. The van der Waals surface area contributed by atoms with Crippen LogP contribution in [0.1, 0.15) is 12.5 Å². The first kappa shape index (κ1) is 15.1. The zero-order valence-electron chi connectivity index (χ0n) is 11.2. The summed E-state index contributed by atoms with van der Waals surface area (Å²) in [4.78, 5) is 21.9. The van der Waals surface area contributed by atoms with Gasteiger partial charge in [0, 0.05) is 18.7 Å². The molecule has 0 aromatic heterocycles. The minimum Gasteiger partial charge on any atom is -0.355 e. The average molecular weight is 265 g/mol. The van der Waals surface area contributed by atoms with Gasteiger partial charge in [-0.25, -0.2) is 0 Å². The Hall–Kier alpha value is -1.95. The van der Waals surface area contributed by atoms with Crippen molar-refractivity contribution in [3.63, 3.8) is 0 Å². The standard InChI is InChI=1S/C13H19N3O3/c1-10(8-14-2)9-15-13(17)7-11-4-3-5-12(6-11)16(18)19/h3-6,10,14H,7-9H2,1-2H3,(H,15,17). The van der Waals surface area contributed by atoms with Crippen molar-refractivity contribution >= 4 is 11.6 Å². The van der Waals surface area contributed by atoms with Crippen LogP contribution in [0.25, 0.3) is 0 Å². The van der Waals surface area contributed by atoms with Crippen molar-refractivity contribution < 1.29 is 9.72 Å². The van der Waals surface area contributed by atoms with E-state index in [1.54, 1.807) is 12.1 Å². The third-order valence-electron chi connectivity index (χ3n) is 2.69. The number of benzene rings is 1. The molecule has 6 nitrogen and oxygen atoms in total. The van der Waals surface area contributed by atoms with Crippen LogP contribution in [-0.4, -0.2) is 31.0 Å². The van der Waals surface area contributed by atoms with Gasteiger partial charge < -0.3 is 10.6 Å². The van der Waals surface area contributed by atoms with Crippen LogP contribution < -0.4 is 10.6 Å². The van der Waals surface area contributed by atoms with E-state index in [4.69, 9.17) is 0 Å². The Morgan fingerprint density at radius 2 is 2.16 bits per heavy atom. The number of nitrogens with one attached hydrogen (secondary N) is 2. The topological polar surface area (TPSA) is 84.3 Å². The summed E-state index contributed by atoms with van der Waals surface area (Å²) in [6.45, 7) is 3.45. The first-order valence-electron chi connectivity index (χ1n) is 6.17. The lowest BCUT2D eigenvalue weighted by molar-refractivity contribution is -0.384. The van der Waals surface area contributed by atoms with Crippen molar-refractivity contribution in [1.29, 1.82) is 0 Å². The van der Waals surface area contributed by atoms with Gasteiger partial charge in [0.05, 0.1) is 11.3 Å². The molecule has 104 valence electrons. The van der Waals surface area contributed by atoms with Gasteiger partial charge >= 0.3 is 0 Å². The highest BCUT2D eigenvalue weighted by Gasteiger charge is 2.09. The van der Waals surface area contributed by atoms with E-state index in [-0.39, 0.29) is 18.0 Å². The number of hydrogen-bond donors (Lipinski definition) is 2. The number of carbonyl (C=O) groups is 1. The number of rotatable bonds is 7. The fraction of sp³-hybridized carbons (Fsp3) is 0.462. The van der Waals surface area contributed by atoms with E-state index in [1.165, 1.54) is 12.1 Å². The van der Waals surface area contributed by atoms with Gasteiger partial charge in [0.15, 0.2) is 0 Å². The molecular weight excluding hydrogens is 246 g/mol. The van der Waals surface area contributed by atoms with Crippen molar-refractivity contribution in [3.05, 3.63) is 39.9 Å². The molecule has 19 heavy (non-hydrogen) atoms. The lowest BCUT2D eigenvalue weighted by Crippen LogP contribution is -2.33. The highest BCUT2D eigenvalue weighted by molar-refractivity contribution is 5.78. The largest absolute Gasteiger partial charge is 0.355 e. The molecule has 1 unspecified atom stereocenters. The first-order chi connectivity index (χ1) is 9.02. The molecule has 0 aliphatic carbocycles. The van der Waals surface area contributed by atoms with E-state index >= 15 is 0 Å². The summed E-state index contributed by atoms with van der Waals surface area (Å²) in [5, 5.41) is 16.5. The Bertz CT molecular complexity index is 449. The molecule has 1 aromatic carbocycles. The first-order valence-corrected chi connectivity index (χ1v) is 6.17. The second-order valence-electron chi connectivity index (χ2n) is 4.57. The number of nitrogens with zero attached hydrogens (tertiary/aromatic N) is 1. The Labute approximate surface area is 112 Å². The molecule has 1 amide bonds. The van der Waals surface area contributed by atoms with Crippen LogP contribution in [0.3, 0.4) is 0 Å². The van der Waals surface area contributed by atoms with Gasteiger partial charge in [0.25, 0.3) is 5.69 Å². The predicted octanol–water partition coefficient (Wildman–Crippen LogP) is 1.11. The van der Waals surface area contributed by atoms with Gasteiger partial charge in [-0.15, -0.1) is 0 Å². The molecule has 0 bridgehead atoms. The number of hydrogen-bond acceptors (Lipinski definition) is 4. The molecule has 0 saturated heterocycles. The summed E-state index contributed by atoms with van der Waals surface area (Å²) in [6.07, 6.45) is 0.161. The molecule has 6 heteroatoms. The number of non-ortho nitro benzene ring substituents is 1. The van der Waals surface area contributed by atoms with Crippen LogP contribution in [0.2, 0.25) is 0 Å². The van der Waals surface area contributed by atoms with Crippen LogP contribution in [0, 0.1) is 16.0 Å². The van der Waals surface area contributed by atoms with Crippen LogP contribution in [-0.2, 0) is 11.2 Å². The fourth-order valence-corrected chi connectivity index (χ4v) is 1.74. The summed E-state index contributed by atoms with van der Waals surface area (Å²) in [5.74, 6) is 0.225. The van der Waals surface area contributed by atoms with Crippen LogP contribution >= 0.6 is 0 Å². The number of nitro groups is 1. The van der Waals surface area contributed by atoms with Crippen molar-refractivity contribution in [2.75, 3.05) is 20.1 Å². The second kappa shape index (κ2) is 7.48. The van der Waals surface area contributed by atoms with E-state index < -0.39 is 4.92 Å². The van der Waals surface area contributed by atoms with Crippen molar-refractivity contribution in [2.24, 2.45) is 5.92 Å². The van der Waals surface area contributed by atoms with Crippen molar-refractivity contribution in [3.8, 4) is 0 Å². The lowest BCUT2D eigenvalue weighted by Gasteiger charge is -2.11. The van der Waals surface area contributed by atoms with Crippen LogP contribution in [0.15, 0.2) is 24.3 Å². The fourth-order valence-electron chi connectivity index (χ4n) is 1.74. The molecule has 0 fully saturated rings. The van der Waals surface area contributed by atoms with Gasteiger partial charge in [-0.3, -0.25) is 14.9 Å². The zero-order chi connectivity index (χ0) is 14.3. The zero-order valence-corrected chi connectivity index (χ0v) is 11.2. The Balaban J connectivity index is 2.48. The van der Waals surface area contributed by atoms with E-state index in [9.17, 15) is 14.9 Å².